The van der Waals surface area contributed by atoms with Crippen LogP contribution in [0.15, 0.2) is 17.1 Å². The third kappa shape index (κ3) is 6.88. The van der Waals surface area contributed by atoms with Crippen molar-refractivity contribution in [1.82, 2.24) is 0 Å². The summed E-state index contributed by atoms with van der Waals surface area (Å²) in [5.41, 5.74) is 1.30. The van der Waals surface area contributed by atoms with Crippen LogP contribution < -0.4 is 0 Å². The summed E-state index contributed by atoms with van der Waals surface area (Å²) in [6, 6.07) is 0.493. The van der Waals surface area contributed by atoms with Crippen LogP contribution in [0.4, 0.5) is 0 Å². The molecule has 1 heteroatoms. The van der Waals surface area contributed by atoms with Crippen LogP contribution in [0, 0.1) is 5.92 Å². The minimum absolute atomic E-state index is 0.493. The lowest BCUT2D eigenvalue weighted by molar-refractivity contribution is 0.658. The zero-order valence-corrected chi connectivity index (χ0v) is 10.4. The van der Waals surface area contributed by atoms with Gasteiger partial charge < -0.3 is 0 Å². The van der Waals surface area contributed by atoms with Gasteiger partial charge in [-0.15, -0.1) is 0 Å². The van der Waals surface area contributed by atoms with Crippen LogP contribution in [0.5, 0.6) is 0 Å². The first-order valence-corrected chi connectivity index (χ1v) is 5.76. The molecule has 0 saturated heterocycles. The lowest BCUT2D eigenvalue weighted by atomic mass is 10.0. The molecule has 14 heavy (non-hydrogen) atoms. The molecule has 0 N–H and O–H groups in total. The third-order valence-electron chi connectivity index (χ3n) is 2.51. The number of rotatable bonds is 6. The molecule has 82 valence electrons. The van der Waals surface area contributed by atoms with E-state index >= 15 is 0 Å². The van der Waals surface area contributed by atoms with Gasteiger partial charge in [0.2, 0.25) is 0 Å². The largest absolute Gasteiger partial charge is 0.291 e. The Kier molecular flexibility index (Phi) is 7.45. The fourth-order valence-corrected chi connectivity index (χ4v) is 1.39. The second-order valence-electron chi connectivity index (χ2n) is 4.16. The van der Waals surface area contributed by atoms with E-state index < -0.39 is 0 Å². The van der Waals surface area contributed by atoms with Gasteiger partial charge in [0.15, 0.2) is 0 Å². The fraction of sp³-hybridized carbons (Fsp3) is 0.769. The zero-order valence-electron chi connectivity index (χ0n) is 10.4. The molecule has 0 aromatic carbocycles. The van der Waals surface area contributed by atoms with Crippen LogP contribution in [0.25, 0.3) is 0 Å². The van der Waals surface area contributed by atoms with Gasteiger partial charge in [0.25, 0.3) is 0 Å². The molecular weight excluding hydrogens is 170 g/mol. The second-order valence-corrected chi connectivity index (χ2v) is 4.16. The van der Waals surface area contributed by atoms with E-state index in [-0.39, 0.29) is 0 Å². The molecule has 0 aliphatic carbocycles. The van der Waals surface area contributed by atoms with Gasteiger partial charge in [0.05, 0.1) is 0 Å². The summed E-state index contributed by atoms with van der Waals surface area (Å²) in [7, 11) is 0. The first kappa shape index (κ1) is 13.4. The maximum absolute atomic E-state index is 4.62. The Morgan fingerprint density at radius 2 is 2.00 bits per heavy atom. The van der Waals surface area contributed by atoms with E-state index in [0.717, 1.165) is 12.8 Å². The summed E-state index contributed by atoms with van der Waals surface area (Å²) in [4.78, 5) is 4.62. The normalized spacial score (nSPS) is 17.4. The number of aliphatic imine (C=N–C) groups is 1. The smallest absolute Gasteiger partial charge is 0.0468 e. The van der Waals surface area contributed by atoms with E-state index in [1.165, 1.54) is 12.1 Å². The van der Waals surface area contributed by atoms with E-state index in [9.17, 15) is 0 Å². The molecule has 0 spiro atoms. The summed E-state index contributed by atoms with van der Waals surface area (Å²) in [5.74, 6) is 0.682. The molecule has 1 nitrogen and oxygen atoms in total. The van der Waals surface area contributed by atoms with Crippen molar-refractivity contribution in [2.45, 2.75) is 59.9 Å². The predicted octanol–water partition coefficient (Wildman–Crippen LogP) is 4.24. The van der Waals surface area contributed by atoms with Gasteiger partial charge in [0.1, 0.15) is 0 Å². The highest BCUT2D eigenvalue weighted by molar-refractivity contribution is 5.82. The minimum Gasteiger partial charge on any atom is -0.291 e. The Morgan fingerprint density at radius 3 is 2.50 bits per heavy atom. The van der Waals surface area contributed by atoms with Crippen molar-refractivity contribution in [3.8, 4) is 0 Å². The van der Waals surface area contributed by atoms with E-state index in [4.69, 9.17) is 0 Å². The zero-order chi connectivity index (χ0) is 11.0. The monoisotopic (exact) mass is 195 g/mol. The van der Waals surface area contributed by atoms with Crippen LogP contribution >= 0.6 is 0 Å². The first-order valence-electron chi connectivity index (χ1n) is 5.76. The van der Waals surface area contributed by atoms with Crippen LogP contribution in [-0.4, -0.2) is 11.8 Å². The van der Waals surface area contributed by atoms with Gasteiger partial charge in [-0.05, 0) is 46.0 Å². The molecule has 0 bridgehead atoms. The Hall–Kier alpha value is -0.590. The number of nitrogens with zero attached hydrogens (tertiary/aromatic N) is 1. The van der Waals surface area contributed by atoms with Gasteiger partial charge in [-0.25, -0.2) is 0 Å². The molecule has 2 atom stereocenters. The standard InChI is InChI=1S/C13H25N/c1-6-8-11(3)9-10-13(5)14-12(4)7-2/h6,8,11-12H,7,9-10H2,1-5H3. The Bertz CT molecular complexity index is 191. The molecule has 0 aromatic rings. The van der Waals surface area contributed by atoms with E-state index in [1.807, 2.05) is 0 Å². The summed E-state index contributed by atoms with van der Waals surface area (Å²) >= 11 is 0. The van der Waals surface area contributed by atoms with Crippen molar-refractivity contribution in [3.63, 3.8) is 0 Å². The average Bonchev–Trinajstić information content (AvgIpc) is 2.15. The average molecular weight is 195 g/mol. The van der Waals surface area contributed by atoms with Gasteiger partial charge in [-0.1, -0.05) is 26.0 Å². The number of hydrogen-bond acceptors (Lipinski definition) is 1. The molecule has 0 heterocycles. The molecule has 0 rings (SSSR count). The highest BCUT2D eigenvalue weighted by atomic mass is 14.8. The van der Waals surface area contributed by atoms with Crippen LogP contribution in [0.2, 0.25) is 0 Å². The van der Waals surface area contributed by atoms with E-state index in [1.54, 1.807) is 0 Å². The summed E-state index contributed by atoms with van der Waals surface area (Å²) in [6.45, 7) is 10.9. The fourth-order valence-electron chi connectivity index (χ4n) is 1.39. The second kappa shape index (κ2) is 7.78. The lowest BCUT2D eigenvalue weighted by Crippen LogP contribution is -2.03. The van der Waals surface area contributed by atoms with Crippen LogP contribution in [0.1, 0.15) is 53.9 Å². The van der Waals surface area contributed by atoms with Crippen molar-refractivity contribution in [3.05, 3.63) is 12.2 Å². The molecule has 2 unspecified atom stereocenters. The summed E-state index contributed by atoms with van der Waals surface area (Å²) in [6.07, 6.45) is 7.88. The van der Waals surface area contributed by atoms with Crippen LogP contribution in [0.3, 0.4) is 0 Å². The van der Waals surface area contributed by atoms with Crippen molar-refractivity contribution >= 4 is 5.71 Å². The Morgan fingerprint density at radius 1 is 1.36 bits per heavy atom. The minimum atomic E-state index is 0.493. The maximum atomic E-state index is 4.62. The Labute approximate surface area is 89.3 Å². The summed E-state index contributed by atoms with van der Waals surface area (Å²) < 4.78 is 0. The highest BCUT2D eigenvalue weighted by Crippen LogP contribution is 2.09. The van der Waals surface area contributed by atoms with Crippen molar-refractivity contribution in [2.75, 3.05) is 0 Å². The molecule has 0 amide bonds. The molecular formula is C13H25N. The molecule has 0 radical (unpaired) electrons. The summed E-state index contributed by atoms with van der Waals surface area (Å²) in [5, 5.41) is 0. The molecule has 0 aromatic heterocycles. The van der Waals surface area contributed by atoms with Gasteiger partial charge in [-0.3, -0.25) is 4.99 Å². The van der Waals surface area contributed by atoms with E-state index in [0.29, 0.717) is 12.0 Å². The van der Waals surface area contributed by atoms with Gasteiger partial charge in [-0.2, -0.15) is 0 Å². The maximum Gasteiger partial charge on any atom is 0.0468 e. The number of hydrogen-bond donors (Lipinski definition) is 0. The van der Waals surface area contributed by atoms with Crippen molar-refractivity contribution in [1.29, 1.82) is 0 Å². The van der Waals surface area contributed by atoms with Crippen molar-refractivity contribution < 1.29 is 0 Å². The van der Waals surface area contributed by atoms with Gasteiger partial charge >= 0.3 is 0 Å². The highest BCUT2D eigenvalue weighted by Gasteiger charge is 2.00. The Balaban J connectivity index is 3.83. The predicted molar refractivity (Wildman–Crippen MR) is 66.1 cm³/mol. The number of allylic oxidation sites excluding steroid dienone is 2. The third-order valence-corrected chi connectivity index (χ3v) is 2.51. The topological polar surface area (TPSA) is 12.4 Å². The molecule has 0 aliphatic rings. The molecule has 0 fully saturated rings. The van der Waals surface area contributed by atoms with Crippen LogP contribution in [-0.2, 0) is 0 Å². The molecule has 0 saturated carbocycles. The first-order chi connectivity index (χ1) is 6.60. The molecule has 0 aliphatic heterocycles. The SMILES string of the molecule is CC=CC(C)CCC(C)=NC(C)CC. The lowest BCUT2D eigenvalue weighted by Gasteiger charge is -2.08. The van der Waals surface area contributed by atoms with E-state index in [2.05, 4.69) is 51.8 Å². The van der Waals surface area contributed by atoms with Gasteiger partial charge in [0, 0.05) is 11.8 Å². The van der Waals surface area contributed by atoms with Crippen molar-refractivity contribution in [2.24, 2.45) is 10.9 Å². The quantitative estimate of drug-likeness (QED) is 0.444.